The number of unbranched alkanes of at least 4 members (excludes halogenated alkanes) is 1. The highest BCUT2D eigenvalue weighted by atomic mass is 127. The molecule has 2 rings (SSSR count). The Bertz CT molecular complexity index is 805. The van der Waals surface area contributed by atoms with Crippen molar-refractivity contribution < 1.29 is 4.39 Å². The molecule has 0 fully saturated rings. The molecule has 5 nitrogen and oxygen atoms in total. The fourth-order valence-electron chi connectivity index (χ4n) is 2.88. The third-order valence-corrected chi connectivity index (χ3v) is 4.35. The van der Waals surface area contributed by atoms with E-state index in [1.54, 1.807) is 28.8 Å². The lowest BCUT2D eigenvalue weighted by Crippen LogP contribution is -2.38. The maximum absolute atomic E-state index is 13.0. The smallest absolute Gasteiger partial charge is 0.250 e. The standard InChI is InChI=1S/C21H29FN4O.HI/c1-4-23-21(25(3)16-18-10-12-19(22)13-11-18)24-14-5-6-15-26-17(2)8-7-9-20(26)27;/h7-13H,4-6,14-16H2,1-3H3,(H,23,24);1H. The zero-order valence-electron chi connectivity index (χ0n) is 16.8. The number of halogens is 2. The second-order valence-corrected chi connectivity index (χ2v) is 6.58. The van der Waals surface area contributed by atoms with E-state index in [-0.39, 0.29) is 35.4 Å². The maximum atomic E-state index is 13.0. The first-order valence-electron chi connectivity index (χ1n) is 9.41. The van der Waals surface area contributed by atoms with E-state index in [1.165, 1.54) is 12.1 Å². The summed E-state index contributed by atoms with van der Waals surface area (Å²) in [6, 6.07) is 11.9. The zero-order valence-corrected chi connectivity index (χ0v) is 19.2. The van der Waals surface area contributed by atoms with E-state index in [1.807, 2.05) is 31.9 Å². The second kappa shape index (κ2) is 12.5. The van der Waals surface area contributed by atoms with Gasteiger partial charge in [0.2, 0.25) is 0 Å². The van der Waals surface area contributed by atoms with Crippen molar-refractivity contribution in [2.75, 3.05) is 20.1 Å². The number of rotatable bonds is 8. The van der Waals surface area contributed by atoms with E-state index in [0.717, 1.165) is 36.6 Å². The summed E-state index contributed by atoms with van der Waals surface area (Å²) in [6.45, 7) is 6.83. The molecule has 1 N–H and O–H groups in total. The number of pyridine rings is 1. The van der Waals surface area contributed by atoms with Gasteiger partial charge >= 0.3 is 0 Å². The quantitative estimate of drug-likeness (QED) is 0.260. The first-order valence-corrected chi connectivity index (χ1v) is 9.41. The summed E-state index contributed by atoms with van der Waals surface area (Å²) in [6.07, 6.45) is 1.80. The minimum atomic E-state index is -0.227. The molecule has 0 unspecified atom stereocenters. The van der Waals surface area contributed by atoms with Gasteiger partial charge in [0, 0.05) is 45.0 Å². The van der Waals surface area contributed by atoms with Crippen molar-refractivity contribution in [1.82, 2.24) is 14.8 Å². The van der Waals surface area contributed by atoms with Crippen LogP contribution in [-0.2, 0) is 13.1 Å². The Kier molecular flexibility index (Phi) is 10.8. The highest BCUT2D eigenvalue weighted by molar-refractivity contribution is 14.0. The molecule has 0 aliphatic rings. The van der Waals surface area contributed by atoms with E-state index in [9.17, 15) is 9.18 Å². The Labute approximate surface area is 183 Å². The van der Waals surface area contributed by atoms with Crippen LogP contribution in [-0.4, -0.2) is 35.6 Å². The van der Waals surface area contributed by atoms with Crippen LogP contribution in [0, 0.1) is 12.7 Å². The van der Waals surface area contributed by atoms with Gasteiger partial charge in [-0.25, -0.2) is 4.39 Å². The van der Waals surface area contributed by atoms with Crippen LogP contribution in [0.1, 0.15) is 31.0 Å². The summed E-state index contributed by atoms with van der Waals surface area (Å²) in [4.78, 5) is 18.6. The van der Waals surface area contributed by atoms with E-state index >= 15 is 0 Å². The lowest BCUT2D eigenvalue weighted by Gasteiger charge is -2.22. The molecule has 0 bridgehead atoms. The predicted octanol–water partition coefficient (Wildman–Crippen LogP) is 3.79. The Morgan fingerprint density at radius 3 is 2.54 bits per heavy atom. The van der Waals surface area contributed by atoms with Crippen LogP contribution in [0.2, 0.25) is 0 Å². The Morgan fingerprint density at radius 1 is 1.18 bits per heavy atom. The second-order valence-electron chi connectivity index (χ2n) is 6.58. The van der Waals surface area contributed by atoms with Gasteiger partial charge in [0.05, 0.1) is 0 Å². The van der Waals surface area contributed by atoms with E-state index in [4.69, 9.17) is 0 Å². The fraction of sp³-hybridized carbons (Fsp3) is 0.429. The number of aromatic nitrogens is 1. The van der Waals surface area contributed by atoms with Crippen LogP contribution in [0.15, 0.2) is 52.3 Å². The van der Waals surface area contributed by atoms with Crippen LogP contribution in [0.5, 0.6) is 0 Å². The molecule has 154 valence electrons. The topological polar surface area (TPSA) is 49.6 Å². The van der Waals surface area contributed by atoms with Gasteiger partial charge in [-0.05, 0) is 50.5 Å². The lowest BCUT2D eigenvalue weighted by molar-refractivity contribution is 0.475. The summed E-state index contributed by atoms with van der Waals surface area (Å²) in [7, 11) is 1.97. The number of aryl methyl sites for hydroxylation is 1. The van der Waals surface area contributed by atoms with Gasteiger partial charge in [-0.1, -0.05) is 18.2 Å². The van der Waals surface area contributed by atoms with E-state index in [2.05, 4.69) is 10.3 Å². The molecule has 0 atom stereocenters. The van der Waals surface area contributed by atoms with E-state index in [0.29, 0.717) is 19.6 Å². The first-order chi connectivity index (χ1) is 13.0. The molecule has 28 heavy (non-hydrogen) atoms. The molecule has 0 aliphatic carbocycles. The Morgan fingerprint density at radius 2 is 1.89 bits per heavy atom. The zero-order chi connectivity index (χ0) is 19.6. The molecular weight excluding hydrogens is 470 g/mol. The molecular formula is C21H30FIN4O. The number of guanidine groups is 1. The van der Waals surface area contributed by atoms with E-state index < -0.39 is 0 Å². The average molecular weight is 500 g/mol. The van der Waals surface area contributed by atoms with Gasteiger partial charge in [0.25, 0.3) is 5.56 Å². The van der Waals surface area contributed by atoms with Crippen molar-refractivity contribution in [3.63, 3.8) is 0 Å². The van der Waals surface area contributed by atoms with Crippen LogP contribution >= 0.6 is 24.0 Å². The number of aliphatic imine (C=N–C) groups is 1. The van der Waals surface area contributed by atoms with Crippen molar-refractivity contribution in [3.8, 4) is 0 Å². The fourth-order valence-corrected chi connectivity index (χ4v) is 2.88. The third-order valence-electron chi connectivity index (χ3n) is 4.35. The van der Waals surface area contributed by atoms with Crippen molar-refractivity contribution in [2.45, 2.75) is 39.8 Å². The summed E-state index contributed by atoms with van der Waals surface area (Å²) in [5.74, 6) is 0.601. The number of nitrogens with zero attached hydrogens (tertiary/aromatic N) is 3. The number of nitrogens with one attached hydrogen (secondary N) is 1. The summed E-state index contributed by atoms with van der Waals surface area (Å²) >= 11 is 0. The molecule has 0 amide bonds. The molecule has 7 heteroatoms. The summed E-state index contributed by atoms with van der Waals surface area (Å²) in [5, 5.41) is 3.29. The Balaban J connectivity index is 0.00000392. The number of hydrogen-bond acceptors (Lipinski definition) is 2. The minimum absolute atomic E-state index is 0. The largest absolute Gasteiger partial charge is 0.357 e. The summed E-state index contributed by atoms with van der Waals surface area (Å²) < 4.78 is 14.8. The van der Waals surface area contributed by atoms with Gasteiger partial charge in [0.1, 0.15) is 5.82 Å². The SMILES string of the molecule is CCNC(=NCCCCn1c(C)cccc1=O)N(C)Cc1ccc(F)cc1.I. The van der Waals surface area contributed by atoms with Gasteiger partial charge in [-0.15, -0.1) is 24.0 Å². The highest BCUT2D eigenvalue weighted by Crippen LogP contribution is 2.06. The van der Waals surface area contributed by atoms with Gasteiger partial charge in [-0.2, -0.15) is 0 Å². The molecule has 0 saturated heterocycles. The number of benzene rings is 1. The third kappa shape index (κ3) is 7.61. The molecule has 0 radical (unpaired) electrons. The maximum Gasteiger partial charge on any atom is 0.250 e. The molecule has 0 spiro atoms. The van der Waals surface area contributed by atoms with Crippen LogP contribution in [0.4, 0.5) is 4.39 Å². The van der Waals surface area contributed by atoms with Crippen molar-refractivity contribution in [3.05, 3.63) is 69.9 Å². The highest BCUT2D eigenvalue weighted by Gasteiger charge is 2.06. The molecule has 2 aromatic rings. The lowest BCUT2D eigenvalue weighted by atomic mass is 10.2. The van der Waals surface area contributed by atoms with Crippen LogP contribution in [0.25, 0.3) is 0 Å². The Hall–Kier alpha value is -1.90. The van der Waals surface area contributed by atoms with Crippen LogP contribution in [0.3, 0.4) is 0 Å². The average Bonchev–Trinajstić information content (AvgIpc) is 2.64. The van der Waals surface area contributed by atoms with Gasteiger partial charge < -0.3 is 14.8 Å². The van der Waals surface area contributed by atoms with Crippen molar-refractivity contribution in [1.29, 1.82) is 0 Å². The molecule has 1 aromatic carbocycles. The summed E-state index contributed by atoms with van der Waals surface area (Å²) in [5.41, 5.74) is 2.06. The monoisotopic (exact) mass is 500 g/mol. The predicted molar refractivity (Wildman–Crippen MR) is 124 cm³/mol. The molecule has 0 aliphatic heterocycles. The van der Waals surface area contributed by atoms with Gasteiger partial charge in [0.15, 0.2) is 5.96 Å². The number of hydrogen-bond donors (Lipinski definition) is 1. The molecule has 1 aromatic heterocycles. The van der Waals surface area contributed by atoms with Crippen molar-refractivity contribution in [2.24, 2.45) is 4.99 Å². The normalized spacial score (nSPS) is 11.1. The molecule has 0 saturated carbocycles. The first kappa shape index (κ1) is 24.1. The van der Waals surface area contributed by atoms with Crippen molar-refractivity contribution >= 4 is 29.9 Å². The van der Waals surface area contributed by atoms with Gasteiger partial charge in [-0.3, -0.25) is 9.79 Å². The molecule has 1 heterocycles. The van der Waals surface area contributed by atoms with Crippen LogP contribution < -0.4 is 10.9 Å². The minimum Gasteiger partial charge on any atom is -0.357 e.